The summed E-state index contributed by atoms with van der Waals surface area (Å²) in [6.45, 7) is 1.05. The second-order valence-electron chi connectivity index (χ2n) is 4.86. The van der Waals surface area contributed by atoms with E-state index in [0.29, 0.717) is 19.0 Å². The summed E-state index contributed by atoms with van der Waals surface area (Å²) in [5.74, 6) is 0.354. The molecule has 0 saturated carbocycles. The molecule has 0 fully saturated rings. The Labute approximate surface area is 122 Å². The number of para-hydroxylation sites is 1. The van der Waals surface area contributed by atoms with Crippen molar-refractivity contribution >= 4 is 5.97 Å². The second kappa shape index (κ2) is 5.83. The molecule has 2 aromatic rings. The molecule has 1 unspecified atom stereocenters. The quantitative estimate of drug-likeness (QED) is 0.935. The SMILES string of the molecule is O=C(O)c1ccncc1OCC1CCOc2ccccc21. The minimum absolute atomic E-state index is 0.130. The number of aromatic nitrogens is 1. The molecular weight excluding hydrogens is 270 g/mol. The van der Waals surface area contributed by atoms with E-state index in [0.717, 1.165) is 17.7 Å². The number of benzene rings is 1. The molecule has 5 nitrogen and oxygen atoms in total. The predicted molar refractivity (Wildman–Crippen MR) is 76.0 cm³/mol. The number of rotatable bonds is 4. The molecule has 1 atom stereocenters. The zero-order valence-electron chi connectivity index (χ0n) is 11.4. The van der Waals surface area contributed by atoms with E-state index in [2.05, 4.69) is 4.98 Å². The minimum Gasteiger partial charge on any atom is -0.493 e. The highest BCUT2D eigenvalue weighted by atomic mass is 16.5. The summed E-state index contributed by atoms with van der Waals surface area (Å²) in [5, 5.41) is 9.13. The van der Waals surface area contributed by atoms with Gasteiger partial charge in [-0.05, 0) is 18.6 Å². The van der Waals surface area contributed by atoms with Gasteiger partial charge in [0.05, 0.1) is 19.4 Å². The van der Waals surface area contributed by atoms with Crippen LogP contribution < -0.4 is 9.47 Å². The number of aromatic carboxylic acids is 1. The molecule has 3 rings (SSSR count). The van der Waals surface area contributed by atoms with Crippen molar-refractivity contribution in [3.05, 3.63) is 53.9 Å². The van der Waals surface area contributed by atoms with Gasteiger partial charge >= 0.3 is 5.97 Å². The second-order valence-corrected chi connectivity index (χ2v) is 4.86. The first kappa shape index (κ1) is 13.4. The molecule has 21 heavy (non-hydrogen) atoms. The lowest BCUT2D eigenvalue weighted by molar-refractivity contribution is 0.0691. The van der Waals surface area contributed by atoms with Crippen LogP contribution in [0.1, 0.15) is 28.3 Å². The maximum Gasteiger partial charge on any atom is 0.339 e. The molecule has 0 spiro atoms. The topological polar surface area (TPSA) is 68.7 Å². The largest absolute Gasteiger partial charge is 0.493 e. The molecule has 108 valence electrons. The highest BCUT2D eigenvalue weighted by Gasteiger charge is 2.22. The molecule has 0 amide bonds. The van der Waals surface area contributed by atoms with Crippen molar-refractivity contribution in [3.8, 4) is 11.5 Å². The molecule has 2 heterocycles. The Bertz CT molecular complexity index is 656. The van der Waals surface area contributed by atoms with Crippen molar-refractivity contribution < 1.29 is 19.4 Å². The Morgan fingerprint density at radius 1 is 1.38 bits per heavy atom. The van der Waals surface area contributed by atoms with Crippen LogP contribution in [0.4, 0.5) is 0 Å². The van der Waals surface area contributed by atoms with Crippen molar-refractivity contribution in [1.29, 1.82) is 0 Å². The van der Waals surface area contributed by atoms with Crippen LogP contribution in [-0.2, 0) is 0 Å². The summed E-state index contributed by atoms with van der Waals surface area (Å²) in [7, 11) is 0. The normalized spacial score (nSPS) is 16.7. The Balaban J connectivity index is 1.76. The third-order valence-corrected chi connectivity index (χ3v) is 3.54. The van der Waals surface area contributed by atoms with Crippen LogP contribution >= 0.6 is 0 Å². The van der Waals surface area contributed by atoms with Crippen molar-refractivity contribution in [2.24, 2.45) is 0 Å². The standard InChI is InChI=1S/C16H15NO4/c18-16(19)13-5-7-17-9-15(13)21-10-11-6-8-20-14-4-2-1-3-12(11)14/h1-5,7,9,11H,6,8,10H2,(H,18,19). The van der Waals surface area contributed by atoms with Crippen LogP contribution in [0.15, 0.2) is 42.7 Å². The molecule has 0 radical (unpaired) electrons. The fourth-order valence-electron chi connectivity index (χ4n) is 2.45. The van der Waals surface area contributed by atoms with E-state index >= 15 is 0 Å². The van der Waals surface area contributed by atoms with Gasteiger partial charge in [0.25, 0.3) is 0 Å². The molecule has 0 saturated heterocycles. The zero-order valence-corrected chi connectivity index (χ0v) is 11.4. The van der Waals surface area contributed by atoms with Gasteiger partial charge in [-0.25, -0.2) is 4.79 Å². The Hall–Kier alpha value is -2.56. The lowest BCUT2D eigenvalue weighted by Crippen LogP contribution is -2.20. The van der Waals surface area contributed by atoms with Crippen molar-refractivity contribution in [2.75, 3.05) is 13.2 Å². The molecule has 1 aliphatic heterocycles. The number of pyridine rings is 1. The van der Waals surface area contributed by atoms with E-state index in [1.807, 2.05) is 24.3 Å². The van der Waals surface area contributed by atoms with Crippen molar-refractivity contribution in [3.63, 3.8) is 0 Å². The van der Waals surface area contributed by atoms with Crippen LogP contribution in [0, 0.1) is 0 Å². The van der Waals surface area contributed by atoms with E-state index in [4.69, 9.17) is 14.6 Å². The van der Waals surface area contributed by atoms with E-state index < -0.39 is 5.97 Å². The Morgan fingerprint density at radius 3 is 3.10 bits per heavy atom. The average Bonchev–Trinajstić information content (AvgIpc) is 2.53. The van der Waals surface area contributed by atoms with Gasteiger partial charge in [0, 0.05) is 17.7 Å². The van der Waals surface area contributed by atoms with Gasteiger partial charge in [0.15, 0.2) is 5.75 Å². The highest BCUT2D eigenvalue weighted by molar-refractivity contribution is 5.90. The molecule has 1 aliphatic rings. The highest BCUT2D eigenvalue weighted by Crippen LogP contribution is 2.33. The van der Waals surface area contributed by atoms with Gasteiger partial charge in [-0.1, -0.05) is 18.2 Å². The lowest BCUT2D eigenvalue weighted by Gasteiger charge is -2.25. The van der Waals surface area contributed by atoms with Gasteiger partial charge in [-0.3, -0.25) is 4.98 Å². The van der Waals surface area contributed by atoms with E-state index in [-0.39, 0.29) is 11.5 Å². The fourth-order valence-corrected chi connectivity index (χ4v) is 2.45. The van der Waals surface area contributed by atoms with Crippen LogP contribution in [-0.4, -0.2) is 29.3 Å². The number of fused-ring (bicyclic) bond motifs is 1. The van der Waals surface area contributed by atoms with E-state index in [9.17, 15) is 4.79 Å². The maximum absolute atomic E-state index is 11.1. The molecule has 0 bridgehead atoms. The van der Waals surface area contributed by atoms with Crippen molar-refractivity contribution in [1.82, 2.24) is 4.98 Å². The maximum atomic E-state index is 11.1. The van der Waals surface area contributed by atoms with Gasteiger partial charge in [0.1, 0.15) is 11.3 Å². The molecular formula is C16H15NO4. The number of carboxylic acid groups (broad SMARTS) is 1. The van der Waals surface area contributed by atoms with Crippen LogP contribution in [0.5, 0.6) is 11.5 Å². The summed E-state index contributed by atoms with van der Waals surface area (Å²) < 4.78 is 11.3. The minimum atomic E-state index is -1.01. The van der Waals surface area contributed by atoms with Gasteiger partial charge < -0.3 is 14.6 Å². The van der Waals surface area contributed by atoms with Gasteiger partial charge in [-0.15, -0.1) is 0 Å². The molecule has 5 heteroatoms. The van der Waals surface area contributed by atoms with E-state index in [1.165, 1.54) is 18.5 Å². The van der Waals surface area contributed by atoms with Gasteiger partial charge in [-0.2, -0.15) is 0 Å². The number of nitrogens with zero attached hydrogens (tertiary/aromatic N) is 1. The van der Waals surface area contributed by atoms with E-state index in [1.54, 1.807) is 0 Å². The number of hydrogen-bond donors (Lipinski definition) is 1. The first-order valence-corrected chi connectivity index (χ1v) is 6.77. The fraction of sp³-hybridized carbons (Fsp3) is 0.250. The average molecular weight is 285 g/mol. The summed E-state index contributed by atoms with van der Waals surface area (Å²) in [4.78, 5) is 15.1. The number of carboxylic acids is 1. The smallest absolute Gasteiger partial charge is 0.339 e. The summed E-state index contributed by atoms with van der Waals surface area (Å²) in [6.07, 6.45) is 3.73. The van der Waals surface area contributed by atoms with Crippen LogP contribution in [0.2, 0.25) is 0 Å². The summed E-state index contributed by atoms with van der Waals surface area (Å²) >= 11 is 0. The molecule has 0 aliphatic carbocycles. The monoisotopic (exact) mass is 285 g/mol. The third kappa shape index (κ3) is 2.81. The first-order chi connectivity index (χ1) is 10.3. The van der Waals surface area contributed by atoms with Crippen LogP contribution in [0.25, 0.3) is 0 Å². The number of hydrogen-bond acceptors (Lipinski definition) is 4. The molecule has 1 N–H and O–H groups in total. The molecule has 1 aromatic heterocycles. The first-order valence-electron chi connectivity index (χ1n) is 6.77. The Morgan fingerprint density at radius 2 is 2.24 bits per heavy atom. The lowest BCUT2D eigenvalue weighted by atomic mass is 9.94. The zero-order chi connectivity index (χ0) is 14.7. The summed E-state index contributed by atoms with van der Waals surface area (Å²) in [6, 6.07) is 9.30. The van der Waals surface area contributed by atoms with Crippen LogP contribution in [0.3, 0.4) is 0 Å². The third-order valence-electron chi connectivity index (χ3n) is 3.54. The van der Waals surface area contributed by atoms with Crippen molar-refractivity contribution in [2.45, 2.75) is 12.3 Å². The molecule has 1 aromatic carbocycles. The number of carbonyl (C=O) groups is 1. The van der Waals surface area contributed by atoms with Gasteiger partial charge in [0.2, 0.25) is 0 Å². The summed E-state index contributed by atoms with van der Waals surface area (Å²) in [5.41, 5.74) is 1.23. The Kier molecular flexibility index (Phi) is 3.73. The predicted octanol–water partition coefficient (Wildman–Crippen LogP) is 2.72. The number of ether oxygens (including phenoxy) is 2.